The molecule has 2 heterocycles. The van der Waals surface area contributed by atoms with Crippen LogP contribution in [0.2, 0.25) is 5.02 Å². The highest BCUT2D eigenvalue weighted by molar-refractivity contribution is 6.34. The van der Waals surface area contributed by atoms with Crippen LogP contribution in [0.3, 0.4) is 0 Å². The van der Waals surface area contributed by atoms with Gasteiger partial charge in [-0.25, -0.2) is 4.79 Å². The molecule has 0 radical (unpaired) electrons. The molecule has 3 rings (SSSR count). The fourth-order valence-electron chi connectivity index (χ4n) is 2.24. The second kappa shape index (κ2) is 8.35. The number of likely N-dealkylation sites (N-methyl/N-ethyl adjacent to an activating group) is 1. The molecule has 10 nitrogen and oxygen atoms in total. The molecule has 0 saturated heterocycles. The van der Waals surface area contributed by atoms with Crippen LogP contribution < -0.4 is 15.4 Å². The lowest BCUT2D eigenvalue weighted by Crippen LogP contribution is -2.47. The molecule has 0 aliphatic carbocycles. The maximum atomic E-state index is 12.2. The third kappa shape index (κ3) is 4.54. The van der Waals surface area contributed by atoms with E-state index in [4.69, 9.17) is 16.3 Å². The summed E-state index contributed by atoms with van der Waals surface area (Å²) in [5.41, 5.74) is 0.280. The number of hydrogen-bond acceptors (Lipinski definition) is 6. The molecule has 1 unspecified atom stereocenters. The molecule has 1 aliphatic rings. The van der Waals surface area contributed by atoms with Gasteiger partial charge in [-0.05, 0) is 12.1 Å². The van der Waals surface area contributed by atoms with Crippen LogP contribution in [-0.4, -0.2) is 52.3 Å². The van der Waals surface area contributed by atoms with Crippen LogP contribution in [0.5, 0.6) is 5.88 Å². The number of aromatic nitrogens is 2. The van der Waals surface area contributed by atoms with Gasteiger partial charge in [0.25, 0.3) is 11.8 Å². The van der Waals surface area contributed by atoms with Crippen molar-refractivity contribution in [3.8, 4) is 5.88 Å². The van der Waals surface area contributed by atoms with Gasteiger partial charge >= 0.3 is 6.09 Å². The predicted octanol–water partition coefficient (Wildman–Crippen LogP) is 1.79. The largest absolute Gasteiger partial charge is 0.414 e. The number of hydrogen-bond donors (Lipinski definition) is 3. The molecule has 28 heavy (non-hydrogen) atoms. The molecule has 144 valence electrons. The van der Waals surface area contributed by atoms with Crippen LogP contribution in [0.25, 0.3) is 0 Å². The number of H-pyrrole nitrogens is 1. The molecular formula is C17H15ClN6O4. The molecule has 0 saturated carbocycles. The lowest BCUT2D eigenvalue weighted by atomic mass is 10.2. The van der Waals surface area contributed by atoms with E-state index in [2.05, 4.69) is 25.8 Å². The average Bonchev–Trinajstić information content (AvgIpc) is 3.03. The zero-order valence-corrected chi connectivity index (χ0v) is 15.3. The van der Waals surface area contributed by atoms with E-state index in [-0.39, 0.29) is 23.2 Å². The van der Waals surface area contributed by atoms with Gasteiger partial charge in [0, 0.05) is 31.7 Å². The number of carbonyl (C=O) groups is 3. The van der Waals surface area contributed by atoms with Crippen molar-refractivity contribution in [2.24, 2.45) is 4.99 Å². The molecule has 3 N–H and O–H groups in total. The average molecular weight is 403 g/mol. The summed E-state index contributed by atoms with van der Waals surface area (Å²) in [7, 11) is 1.54. The van der Waals surface area contributed by atoms with Gasteiger partial charge in [0.05, 0.1) is 10.6 Å². The molecule has 1 aromatic carbocycles. The first kappa shape index (κ1) is 19.1. The summed E-state index contributed by atoms with van der Waals surface area (Å²) in [6.45, 7) is 0. The number of aromatic amines is 1. The van der Waals surface area contributed by atoms with E-state index in [1.54, 1.807) is 24.3 Å². The number of ether oxygens (including phenoxy) is 1. The summed E-state index contributed by atoms with van der Waals surface area (Å²) >= 11 is 5.98. The van der Waals surface area contributed by atoms with Crippen molar-refractivity contribution in [2.45, 2.75) is 6.04 Å². The lowest BCUT2D eigenvalue weighted by Gasteiger charge is -2.16. The number of nitrogens with one attached hydrogen (secondary N) is 3. The van der Waals surface area contributed by atoms with Gasteiger partial charge in [-0.1, -0.05) is 23.7 Å². The summed E-state index contributed by atoms with van der Waals surface area (Å²) in [4.78, 5) is 41.4. The highest BCUT2D eigenvalue weighted by atomic mass is 35.5. The minimum atomic E-state index is -0.981. The number of carbonyl (C=O) groups excluding carboxylic acids is 3. The molecule has 11 heteroatoms. The van der Waals surface area contributed by atoms with Gasteiger partial charge in [0.15, 0.2) is 0 Å². The molecular weight excluding hydrogens is 388 g/mol. The van der Waals surface area contributed by atoms with E-state index in [1.165, 1.54) is 36.6 Å². The Morgan fingerprint density at radius 1 is 1.32 bits per heavy atom. The second-order valence-electron chi connectivity index (χ2n) is 5.61. The first-order valence-electron chi connectivity index (χ1n) is 8.00. The fourth-order valence-corrected chi connectivity index (χ4v) is 2.46. The molecule has 3 amide bonds. The Morgan fingerprint density at radius 2 is 2.11 bits per heavy atom. The van der Waals surface area contributed by atoms with Crippen molar-refractivity contribution in [2.75, 3.05) is 12.4 Å². The molecule has 0 spiro atoms. The lowest BCUT2D eigenvalue weighted by molar-refractivity contribution is -0.127. The van der Waals surface area contributed by atoms with E-state index in [1.807, 2.05) is 0 Å². The van der Waals surface area contributed by atoms with E-state index in [0.29, 0.717) is 5.02 Å². The molecule has 0 bridgehead atoms. The normalized spacial score (nSPS) is 15.9. The second-order valence-corrected chi connectivity index (χ2v) is 6.02. The van der Waals surface area contributed by atoms with Gasteiger partial charge < -0.3 is 20.3 Å². The van der Waals surface area contributed by atoms with Crippen LogP contribution >= 0.6 is 11.6 Å². The van der Waals surface area contributed by atoms with Crippen molar-refractivity contribution in [1.82, 2.24) is 20.4 Å². The number of aliphatic imine (C=N–C) groups is 1. The van der Waals surface area contributed by atoms with Crippen LogP contribution in [0.1, 0.15) is 10.4 Å². The number of anilines is 1. The quantitative estimate of drug-likeness (QED) is 0.718. The summed E-state index contributed by atoms with van der Waals surface area (Å²) in [5.74, 6) is -0.745. The summed E-state index contributed by atoms with van der Waals surface area (Å²) in [6.07, 6.45) is 3.26. The Bertz CT molecular complexity index is 970. The molecule has 2 aromatic rings. The monoisotopic (exact) mass is 402 g/mol. The number of halogens is 1. The SMILES string of the molecule is CN1C=CN=CC(NC(=O)Oc2cc(NC(=O)c3ccccc3Cl)[nH]n2)C1=O. The predicted molar refractivity (Wildman–Crippen MR) is 101 cm³/mol. The molecule has 1 aromatic heterocycles. The first-order chi connectivity index (χ1) is 13.4. The maximum Gasteiger partial charge on any atom is 0.414 e. The van der Waals surface area contributed by atoms with Crippen molar-refractivity contribution in [3.63, 3.8) is 0 Å². The van der Waals surface area contributed by atoms with Crippen LogP contribution in [0, 0.1) is 0 Å². The van der Waals surface area contributed by atoms with Gasteiger partial charge in [-0.2, -0.15) is 0 Å². The highest BCUT2D eigenvalue weighted by Crippen LogP contribution is 2.18. The van der Waals surface area contributed by atoms with Gasteiger partial charge in [-0.3, -0.25) is 19.7 Å². The van der Waals surface area contributed by atoms with Crippen molar-refractivity contribution in [3.05, 3.63) is 53.3 Å². The summed E-state index contributed by atoms with van der Waals surface area (Å²) in [6, 6.07) is 6.87. The Hall–Kier alpha value is -3.66. The topological polar surface area (TPSA) is 129 Å². The first-order valence-corrected chi connectivity index (χ1v) is 8.38. The Balaban J connectivity index is 1.58. The Morgan fingerprint density at radius 3 is 2.89 bits per heavy atom. The molecule has 1 atom stereocenters. The Labute approximate surface area is 164 Å². The standard InChI is InChI=1S/C17H15ClN6O4/c1-24-7-6-19-9-12(16(24)26)20-17(27)28-14-8-13(22-23-14)21-15(25)10-4-2-3-5-11(10)18/h2-9,12H,1H3,(H,20,27)(H2,21,22,23,25). The highest BCUT2D eigenvalue weighted by Gasteiger charge is 2.24. The number of benzene rings is 1. The van der Waals surface area contributed by atoms with Crippen LogP contribution in [-0.2, 0) is 4.79 Å². The minimum absolute atomic E-state index is 0.101. The molecule has 0 fully saturated rings. The minimum Gasteiger partial charge on any atom is -0.390 e. The van der Waals surface area contributed by atoms with E-state index < -0.39 is 18.0 Å². The number of amides is 3. The van der Waals surface area contributed by atoms with Gasteiger partial charge in [0.1, 0.15) is 11.9 Å². The molecule has 1 aliphatic heterocycles. The van der Waals surface area contributed by atoms with Crippen LogP contribution in [0.4, 0.5) is 10.6 Å². The van der Waals surface area contributed by atoms with E-state index >= 15 is 0 Å². The van der Waals surface area contributed by atoms with Crippen molar-refractivity contribution in [1.29, 1.82) is 0 Å². The smallest absolute Gasteiger partial charge is 0.390 e. The van der Waals surface area contributed by atoms with E-state index in [9.17, 15) is 14.4 Å². The van der Waals surface area contributed by atoms with Crippen LogP contribution in [0.15, 0.2) is 47.7 Å². The number of rotatable bonds is 4. The third-order valence-electron chi connectivity index (χ3n) is 3.62. The van der Waals surface area contributed by atoms with Crippen molar-refractivity contribution < 1.29 is 19.1 Å². The number of nitrogens with zero attached hydrogens (tertiary/aromatic N) is 3. The van der Waals surface area contributed by atoms with Crippen molar-refractivity contribution >= 4 is 41.5 Å². The summed E-state index contributed by atoms with van der Waals surface area (Å²) < 4.78 is 5.01. The third-order valence-corrected chi connectivity index (χ3v) is 3.95. The maximum absolute atomic E-state index is 12.2. The zero-order valence-electron chi connectivity index (χ0n) is 14.5. The Kier molecular flexibility index (Phi) is 5.70. The van der Waals surface area contributed by atoms with Gasteiger partial charge in [-0.15, -0.1) is 5.10 Å². The fraction of sp³-hybridized carbons (Fsp3) is 0.118. The van der Waals surface area contributed by atoms with E-state index in [0.717, 1.165) is 0 Å². The zero-order chi connectivity index (χ0) is 20.1. The van der Waals surface area contributed by atoms with Gasteiger partial charge in [0.2, 0.25) is 5.88 Å². The summed E-state index contributed by atoms with van der Waals surface area (Å²) in [5, 5.41) is 11.5.